The van der Waals surface area contributed by atoms with E-state index in [1.165, 1.54) is 22.3 Å². The molecule has 3 rings (SSSR count). The van der Waals surface area contributed by atoms with Crippen molar-refractivity contribution < 1.29 is 10.0 Å². The fourth-order valence-corrected chi connectivity index (χ4v) is 3.41. The van der Waals surface area contributed by atoms with Gasteiger partial charge in [0.15, 0.2) is 0 Å². The number of hydrogen-bond donors (Lipinski definition) is 2. The van der Waals surface area contributed by atoms with Crippen molar-refractivity contribution in [3.63, 3.8) is 0 Å². The van der Waals surface area contributed by atoms with E-state index in [0.717, 1.165) is 24.3 Å². The van der Waals surface area contributed by atoms with Crippen LogP contribution in [-0.2, 0) is 0 Å². The monoisotopic (exact) mass is 300 g/mol. The lowest BCUT2D eigenvalue weighted by molar-refractivity contribution is 0.425. The second-order valence-electron chi connectivity index (χ2n) is 5.65. The van der Waals surface area contributed by atoms with Crippen LogP contribution in [0.15, 0.2) is 36.4 Å². The van der Waals surface area contributed by atoms with Crippen LogP contribution >= 0.6 is 11.6 Å². The molecule has 0 saturated heterocycles. The quantitative estimate of drug-likeness (QED) is 0.850. The molecule has 2 nitrogen and oxygen atoms in total. The average molecular weight is 301 g/mol. The highest BCUT2D eigenvalue weighted by molar-refractivity contribution is 6.58. The van der Waals surface area contributed by atoms with E-state index in [1.807, 2.05) is 24.3 Å². The summed E-state index contributed by atoms with van der Waals surface area (Å²) in [6.45, 7) is 2.18. The van der Waals surface area contributed by atoms with Crippen LogP contribution in [0.1, 0.15) is 43.2 Å². The van der Waals surface area contributed by atoms with E-state index in [4.69, 9.17) is 11.6 Å². The standard InChI is InChI=1S/C17H18BClO2/c1-2-3-4-13-16-9-11(18(20)21)5-7-14(16)15-8-6-12(19)10-17(13)15/h5-10,13,20-21H,2-4H2,1H3. The summed E-state index contributed by atoms with van der Waals surface area (Å²) in [5.74, 6) is 0.298. The molecule has 1 aliphatic rings. The van der Waals surface area contributed by atoms with Gasteiger partial charge in [0.1, 0.15) is 0 Å². The Hall–Kier alpha value is -1.29. The second kappa shape index (κ2) is 5.84. The number of halogens is 1. The van der Waals surface area contributed by atoms with Crippen LogP contribution < -0.4 is 5.46 Å². The van der Waals surface area contributed by atoms with Crippen molar-refractivity contribution in [3.8, 4) is 11.1 Å². The molecule has 0 bridgehead atoms. The van der Waals surface area contributed by atoms with Gasteiger partial charge in [0.2, 0.25) is 0 Å². The highest BCUT2D eigenvalue weighted by Gasteiger charge is 2.29. The molecule has 1 atom stereocenters. The molecule has 0 spiro atoms. The summed E-state index contributed by atoms with van der Waals surface area (Å²) >= 11 is 6.17. The van der Waals surface area contributed by atoms with Gasteiger partial charge in [-0.2, -0.15) is 0 Å². The van der Waals surface area contributed by atoms with Crippen LogP contribution in [0.4, 0.5) is 0 Å². The summed E-state index contributed by atoms with van der Waals surface area (Å²) in [5.41, 5.74) is 5.40. The lowest BCUT2D eigenvalue weighted by Crippen LogP contribution is -2.30. The molecule has 1 unspecified atom stereocenters. The van der Waals surface area contributed by atoms with Crippen molar-refractivity contribution in [3.05, 3.63) is 52.5 Å². The van der Waals surface area contributed by atoms with E-state index >= 15 is 0 Å². The number of benzene rings is 2. The lowest BCUT2D eigenvalue weighted by Gasteiger charge is -2.14. The van der Waals surface area contributed by atoms with Crippen LogP contribution in [0, 0.1) is 0 Å². The SMILES string of the molecule is CCCCC1c2cc(Cl)ccc2-c2ccc(B(O)O)cc21. The van der Waals surface area contributed by atoms with Crippen molar-refractivity contribution in [1.29, 1.82) is 0 Å². The molecule has 0 fully saturated rings. The van der Waals surface area contributed by atoms with Gasteiger partial charge in [-0.1, -0.05) is 55.6 Å². The lowest BCUT2D eigenvalue weighted by atomic mass is 9.78. The maximum Gasteiger partial charge on any atom is 0.488 e. The molecule has 0 saturated carbocycles. The fraction of sp³-hybridized carbons (Fsp3) is 0.294. The van der Waals surface area contributed by atoms with E-state index in [2.05, 4.69) is 13.0 Å². The van der Waals surface area contributed by atoms with Gasteiger partial charge in [-0.05, 0) is 46.3 Å². The Kier molecular flexibility index (Phi) is 4.07. The zero-order chi connectivity index (χ0) is 15.0. The Morgan fingerprint density at radius 1 is 1.05 bits per heavy atom. The molecule has 2 N–H and O–H groups in total. The minimum Gasteiger partial charge on any atom is -0.423 e. The van der Waals surface area contributed by atoms with Crippen LogP contribution in [0.3, 0.4) is 0 Å². The number of unbranched alkanes of at least 4 members (excludes halogenated alkanes) is 1. The molecule has 4 heteroatoms. The summed E-state index contributed by atoms with van der Waals surface area (Å²) in [6.07, 6.45) is 3.34. The Labute approximate surface area is 130 Å². The van der Waals surface area contributed by atoms with Gasteiger partial charge in [0, 0.05) is 10.9 Å². The van der Waals surface area contributed by atoms with Crippen LogP contribution in [0.25, 0.3) is 11.1 Å². The molecule has 0 aromatic heterocycles. The van der Waals surface area contributed by atoms with E-state index in [0.29, 0.717) is 11.4 Å². The fourth-order valence-electron chi connectivity index (χ4n) is 3.23. The molecular weight excluding hydrogens is 282 g/mol. The first-order valence-corrected chi connectivity index (χ1v) is 7.79. The van der Waals surface area contributed by atoms with Gasteiger partial charge in [-0.15, -0.1) is 0 Å². The van der Waals surface area contributed by atoms with Gasteiger partial charge in [0.25, 0.3) is 0 Å². The van der Waals surface area contributed by atoms with Gasteiger partial charge < -0.3 is 10.0 Å². The number of fused-ring (bicyclic) bond motifs is 3. The predicted molar refractivity (Wildman–Crippen MR) is 88.1 cm³/mol. The normalized spacial score (nSPS) is 15.7. The summed E-state index contributed by atoms with van der Waals surface area (Å²) in [4.78, 5) is 0. The van der Waals surface area contributed by atoms with E-state index in [-0.39, 0.29) is 0 Å². The molecule has 108 valence electrons. The third-order valence-corrected chi connectivity index (χ3v) is 4.51. The first-order valence-electron chi connectivity index (χ1n) is 7.41. The molecular formula is C17H18BClO2. The summed E-state index contributed by atoms with van der Waals surface area (Å²) in [7, 11) is -1.42. The van der Waals surface area contributed by atoms with Crippen molar-refractivity contribution >= 4 is 24.2 Å². The maximum absolute atomic E-state index is 9.41. The molecule has 0 amide bonds. The molecule has 0 radical (unpaired) electrons. The van der Waals surface area contributed by atoms with Crippen molar-refractivity contribution in [2.45, 2.75) is 32.1 Å². The molecule has 0 aliphatic heterocycles. The van der Waals surface area contributed by atoms with Crippen molar-refractivity contribution in [2.24, 2.45) is 0 Å². The predicted octanol–water partition coefficient (Wildman–Crippen LogP) is 3.32. The third-order valence-electron chi connectivity index (χ3n) is 4.27. The summed E-state index contributed by atoms with van der Waals surface area (Å²) in [5, 5.41) is 19.6. The van der Waals surface area contributed by atoms with Gasteiger partial charge in [-0.25, -0.2) is 0 Å². The zero-order valence-corrected chi connectivity index (χ0v) is 12.8. The van der Waals surface area contributed by atoms with Crippen LogP contribution in [0.2, 0.25) is 5.02 Å². The highest BCUT2D eigenvalue weighted by Crippen LogP contribution is 2.47. The molecule has 2 aromatic carbocycles. The number of hydrogen-bond acceptors (Lipinski definition) is 2. The van der Waals surface area contributed by atoms with E-state index < -0.39 is 7.12 Å². The Morgan fingerprint density at radius 3 is 2.38 bits per heavy atom. The maximum atomic E-state index is 9.41. The van der Waals surface area contributed by atoms with Gasteiger partial charge >= 0.3 is 7.12 Å². The summed E-state index contributed by atoms with van der Waals surface area (Å²) < 4.78 is 0. The molecule has 21 heavy (non-hydrogen) atoms. The zero-order valence-electron chi connectivity index (χ0n) is 12.0. The smallest absolute Gasteiger partial charge is 0.423 e. The molecule has 1 aliphatic carbocycles. The Balaban J connectivity index is 2.12. The largest absolute Gasteiger partial charge is 0.488 e. The Morgan fingerprint density at radius 2 is 1.71 bits per heavy atom. The second-order valence-corrected chi connectivity index (χ2v) is 6.08. The number of rotatable bonds is 4. The van der Waals surface area contributed by atoms with Crippen molar-refractivity contribution in [1.82, 2.24) is 0 Å². The van der Waals surface area contributed by atoms with Crippen LogP contribution in [-0.4, -0.2) is 17.2 Å². The summed E-state index contributed by atoms with van der Waals surface area (Å²) in [6, 6.07) is 11.7. The van der Waals surface area contributed by atoms with E-state index in [1.54, 1.807) is 6.07 Å². The topological polar surface area (TPSA) is 40.5 Å². The highest BCUT2D eigenvalue weighted by atomic mass is 35.5. The Bertz CT molecular complexity index is 670. The van der Waals surface area contributed by atoms with Crippen molar-refractivity contribution in [2.75, 3.05) is 0 Å². The van der Waals surface area contributed by atoms with Gasteiger partial charge in [-0.3, -0.25) is 0 Å². The third kappa shape index (κ3) is 2.62. The van der Waals surface area contributed by atoms with Gasteiger partial charge in [0.05, 0.1) is 0 Å². The average Bonchev–Trinajstić information content (AvgIpc) is 2.77. The molecule has 2 aromatic rings. The first-order chi connectivity index (χ1) is 10.1. The van der Waals surface area contributed by atoms with Crippen LogP contribution in [0.5, 0.6) is 0 Å². The minimum absolute atomic E-state index is 0.298. The molecule has 0 heterocycles. The first kappa shape index (κ1) is 14.6. The van der Waals surface area contributed by atoms with E-state index in [9.17, 15) is 10.0 Å². The minimum atomic E-state index is -1.42.